The Morgan fingerprint density at radius 2 is 2.25 bits per heavy atom. The number of carbonyl (C=O) groups is 1. The minimum absolute atomic E-state index is 0.0178. The molecule has 1 N–H and O–H groups in total. The Hall–Kier alpha value is -1.09. The van der Waals surface area contributed by atoms with Crippen molar-refractivity contribution in [2.24, 2.45) is 0 Å². The average molecular weight is 170 g/mol. The molecule has 0 radical (unpaired) electrons. The van der Waals surface area contributed by atoms with Gasteiger partial charge in [0, 0.05) is 5.57 Å². The molecule has 0 saturated carbocycles. The first-order valence-electron chi connectivity index (χ1n) is 3.83. The summed E-state index contributed by atoms with van der Waals surface area (Å²) in [6.45, 7) is 5.63. The standard InChI is InChI=1S/C9H14O3/c1-3-12-9(11)8(2)6-4-5-7-10/h4-5,10H,2-3,6-7H2,1H3/b5-4+. The van der Waals surface area contributed by atoms with Crippen LogP contribution in [0.4, 0.5) is 0 Å². The van der Waals surface area contributed by atoms with Crippen molar-refractivity contribution in [3.63, 3.8) is 0 Å². The number of hydrogen-bond donors (Lipinski definition) is 1. The molecule has 0 heterocycles. The van der Waals surface area contributed by atoms with E-state index in [1.54, 1.807) is 19.1 Å². The van der Waals surface area contributed by atoms with Gasteiger partial charge in [-0.25, -0.2) is 4.79 Å². The molecule has 0 aliphatic rings. The summed E-state index contributed by atoms with van der Waals surface area (Å²) in [6.07, 6.45) is 3.67. The normalized spacial score (nSPS) is 10.2. The molecule has 0 spiro atoms. The van der Waals surface area contributed by atoms with Gasteiger partial charge in [0.2, 0.25) is 0 Å². The van der Waals surface area contributed by atoms with Crippen molar-refractivity contribution in [3.8, 4) is 0 Å². The van der Waals surface area contributed by atoms with Crippen LogP contribution < -0.4 is 0 Å². The summed E-state index contributed by atoms with van der Waals surface area (Å²) in [5.41, 5.74) is 0.404. The molecule has 68 valence electrons. The molecule has 0 aromatic carbocycles. The molecule has 0 aliphatic heterocycles. The third-order valence-electron chi connectivity index (χ3n) is 1.20. The SMILES string of the molecule is C=C(C/C=C/CO)C(=O)OCC. The van der Waals surface area contributed by atoms with E-state index in [2.05, 4.69) is 6.58 Å². The predicted molar refractivity (Wildman–Crippen MR) is 46.6 cm³/mol. The van der Waals surface area contributed by atoms with Gasteiger partial charge in [0.1, 0.15) is 0 Å². The van der Waals surface area contributed by atoms with Crippen LogP contribution in [0.5, 0.6) is 0 Å². The van der Waals surface area contributed by atoms with E-state index < -0.39 is 0 Å². The van der Waals surface area contributed by atoms with Crippen molar-refractivity contribution in [1.82, 2.24) is 0 Å². The lowest BCUT2D eigenvalue weighted by atomic mass is 10.2. The first kappa shape index (κ1) is 10.9. The lowest BCUT2D eigenvalue weighted by Gasteiger charge is -2.01. The molecule has 12 heavy (non-hydrogen) atoms. The second-order valence-corrected chi connectivity index (χ2v) is 2.18. The van der Waals surface area contributed by atoms with Crippen molar-refractivity contribution >= 4 is 5.97 Å². The largest absolute Gasteiger partial charge is 0.463 e. The third kappa shape index (κ3) is 4.68. The van der Waals surface area contributed by atoms with Crippen LogP contribution in [0.25, 0.3) is 0 Å². The van der Waals surface area contributed by atoms with Crippen molar-refractivity contribution in [2.75, 3.05) is 13.2 Å². The van der Waals surface area contributed by atoms with Crippen LogP contribution in [-0.2, 0) is 9.53 Å². The van der Waals surface area contributed by atoms with Gasteiger partial charge in [-0.05, 0) is 13.3 Å². The molecule has 3 nitrogen and oxygen atoms in total. The van der Waals surface area contributed by atoms with Gasteiger partial charge in [-0.1, -0.05) is 18.7 Å². The summed E-state index contributed by atoms with van der Waals surface area (Å²) in [5.74, 6) is -0.375. The number of allylic oxidation sites excluding steroid dienone is 1. The Morgan fingerprint density at radius 1 is 1.58 bits per heavy atom. The molecular formula is C9H14O3. The maximum absolute atomic E-state index is 10.9. The summed E-state index contributed by atoms with van der Waals surface area (Å²) in [4.78, 5) is 10.9. The zero-order chi connectivity index (χ0) is 9.40. The fraction of sp³-hybridized carbons (Fsp3) is 0.444. The number of esters is 1. The van der Waals surface area contributed by atoms with Crippen LogP contribution in [0.2, 0.25) is 0 Å². The van der Waals surface area contributed by atoms with Gasteiger partial charge in [-0.2, -0.15) is 0 Å². The second kappa shape index (κ2) is 6.61. The predicted octanol–water partition coefficient (Wildman–Crippen LogP) is 1.04. The fourth-order valence-corrected chi connectivity index (χ4v) is 0.617. The van der Waals surface area contributed by atoms with Crippen LogP contribution in [0.1, 0.15) is 13.3 Å². The van der Waals surface area contributed by atoms with Crippen LogP contribution in [0, 0.1) is 0 Å². The van der Waals surface area contributed by atoms with E-state index in [0.717, 1.165) is 0 Å². The summed E-state index contributed by atoms with van der Waals surface area (Å²) in [7, 11) is 0. The Morgan fingerprint density at radius 3 is 2.75 bits per heavy atom. The smallest absolute Gasteiger partial charge is 0.333 e. The van der Waals surface area contributed by atoms with Gasteiger partial charge >= 0.3 is 5.97 Å². The van der Waals surface area contributed by atoms with Gasteiger partial charge < -0.3 is 9.84 Å². The minimum atomic E-state index is -0.375. The zero-order valence-electron chi connectivity index (χ0n) is 7.25. The molecule has 0 fully saturated rings. The Kier molecular flexibility index (Phi) is 6.01. The van der Waals surface area contributed by atoms with E-state index in [4.69, 9.17) is 9.84 Å². The zero-order valence-corrected chi connectivity index (χ0v) is 7.25. The number of aliphatic hydroxyl groups is 1. The van der Waals surface area contributed by atoms with E-state index in [0.29, 0.717) is 18.6 Å². The quantitative estimate of drug-likeness (QED) is 0.381. The van der Waals surface area contributed by atoms with Crippen molar-refractivity contribution in [2.45, 2.75) is 13.3 Å². The van der Waals surface area contributed by atoms with Gasteiger partial charge in [-0.15, -0.1) is 0 Å². The van der Waals surface area contributed by atoms with Crippen molar-refractivity contribution in [3.05, 3.63) is 24.3 Å². The summed E-state index contributed by atoms with van der Waals surface area (Å²) >= 11 is 0. The molecule has 0 atom stereocenters. The van der Waals surface area contributed by atoms with E-state index in [9.17, 15) is 4.79 Å². The van der Waals surface area contributed by atoms with E-state index >= 15 is 0 Å². The topological polar surface area (TPSA) is 46.5 Å². The number of rotatable bonds is 5. The molecule has 0 rings (SSSR count). The first-order valence-corrected chi connectivity index (χ1v) is 3.83. The van der Waals surface area contributed by atoms with E-state index in [1.807, 2.05) is 0 Å². The van der Waals surface area contributed by atoms with Crippen molar-refractivity contribution < 1.29 is 14.6 Å². The minimum Gasteiger partial charge on any atom is -0.463 e. The monoisotopic (exact) mass is 170 g/mol. The Labute approximate surface area is 72.3 Å². The van der Waals surface area contributed by atoms with Gasteiger partial charge in [0.25, 0.3) is 0 Å². The second-order valence-electron chi connectivity index (χ2n) is 2.18. The molecule has 0 bridgehead atoms. The molecule has 0 amide bonds. The number of ether oxygens (including phenoxy) is 1. The number of carbonyl (C=O) groups excluding carboxylic acids is 1. The average Bonchev–Trinajstić information content (AvgIpc) is 2.05. The highest BCUT2D eigenvalue weighted by atomic mass is 16.5. The lowest BCUT2D eigenvalue weighted by molar-refractivity contribution is -0.138. The van der Waals surface area contributed by atoms with Gasteiger partial charge in [0.15, 0.2) is 0 Å². The fourth-order valence-electron chi connectivity index (χ4n) is 0.617. The van der Waals surface area contributed by atoms with E-state index in [-0.39, 0.29) is 12.6 Å². The molecular weight excluding hydrogens is 156 g/mol. The Bertz CT molecular complexity index is 182. The molecule has 0 saturated heterocycles. The summed E-state index contributed by atoms with van der Waals surface area (Å²) < 4.78 is 4.70. The highest BCUT2D eigenvalue weighted by Crippen LogP contribution is 2.01. The highest BCUT2D eigenvalue weighted by Gasteiger charge is 2.04. The Balaban J connectivity index is 3.72. The number of aliphatic hydroxyl groups excluding tert-OH is 1. The maximum Gasteiger partial charge on any atom is 0.333 e. The number of hydrogen-bond acceptors (Lipinski definition) is 3. The van der Waals surface area contributed by atoms with Crippen LogP contribution >= 0.6 is 0 Å². The lowest BCUT2D eigenvalue weighted by Crippen LogP contribution is -2.05. The molecule has 0 aromatic heterocycles. The van der Waals surface area contributed by atoms with Crippen LogP contribution in [-0.4, -0.2) is 24.3 Å². The highest BCUT2D eigenvalue weighted by molar-refractivity contribution is 5.87. The first-order chi connectivity index (χ1) is 5.72. The molecule has 3 heteroatoms. The third-order valence-corrected chi connectivity index (χ3v) is 1.20. The van der Waals surface area contributed by atoms with E-state index in [1.165, 1.54) is 0 Å². The maximum atomic E-state index is 10.9. The van der Waals surface area contributed by atoms with Crippen molar-refractivity contribution in [1.29, 1.82) is 0 Å². The molecule has 0 unspecified atom stereocenters. The van der Waals surface area contributed by atoms with Crippen LogP contribution in [0.3, 0.4) is 0 Å². The summed E-state index contributed by atoms with van der Waals surface area (Å²) in [5, 5.41) is 8.39. The summed E-state index contributed by atoms with van der Waals surface area (Å²) in [6, 6.07) is 0. The van der Waals surface area contributed by atoms with Gasteiger partial charge in [-0.3, -0.25) is 0 Å². The molecule has 0 aliphatic carbocycles. The molecule has 0 aromatic rings. The van der Waals surface area contributed by atoms with Gasteiger partial charge in [0.05, 0.1) is 13.2 Å². The van der Waals surface area contributed by atoms with Crippen LogP contribution in [0.15, 0.2) is 24.3 Å².